The Morgan fingerprint density at radius 3 is 3.00 bits per heavy atom. The Hall–Kier alpha value is -3.15. The van der Waals surface area contributed by atoms with Crippen LogP contribution in [0.25, 0.3) is 10.9 Å². The van der Waals surface area contributed by atoms with Crippen LogP contribution in [0.1, 0.15) is 23.2 Å². The maximum absolute atomic E-state index is 14.0. The molecule has 1 N–H and O–H groups in total. The van der Waals surface area contributed by atoms with Crippen LogP contribution in [-0.4, -0.2) is 37.1 Å². The number of carbonyl (C=O) groups is 1. The summed E-state index contributed by atoms with van der Waals surface area (Å²) >= 11 is 0. The summed E-state index contributed by atoms with van der Waals surface area (Å²) in [6, 6.07) is 14.0. The number of anilines is 1. The summed E-state index contributed by atoms with van der Waals surface area (Å²) in [5, 5.41) is 3.68. The molecule has 1 aliphatic rings. The molecular formula is C22H22FN3O2. The SMILES string of the molecule is COc1cccc(N2CCCC(NC(=O)c3cc(F)cc4cccnc34)C2)c1. The van der Waals surface area contributed by atoms with E-state index in [0.717, 1.165) is 30.8 Å². The molecule has 1 aromatic heterocycles. The number of nitrogens with zero attached hydrogens (tertiary/aromatic N) is 2. The topological polar surface area (TPSA) is 54.5 Å². The van der Waals surface area contributed by atoms with Gasteiger partial charge in [-0.25, -0.2) is 4.39 Å². The third-order valence-corrected chi connectivity index (χ3v) is 5.09. The third-order valence-electron chi connectivity index (χ3n) is 5.09. The molecule has 4 rings (SSSR count). The number of piperidine rings is 1. The highest BCUT2D eigenvalue weighted by Gasteiger charge is 2.23. The molecule has 0 radical (unpaired) electrons. The van der Waals surface area contributed by atoms with E-state index >= 15 is 0 Å². The van der Waals surface area contributed by atoms with Crippen molar-refractivity contribution in [2.24, 2.45) is 0 Å². The Morgan fingerprint density at radius 2 is 2.14 bits per heavy atom. The molecule has 3 aromatic rings. The van der Waals surface area contributed by atoms with E-state index in [4.69, 9.17) is 4.74 Å². The summed E-state index contributed by atoms with van der Waals surface area (Å²) in [5.74, 6) is 0.0777. The average molecular weight is 379 g/mol. The van der Waals surface area contributed by atoms with Crippen LogP contribution in [0, 0.1) is 5.82 Å². The molecule has 2 aromatic carbocycles. The number of fused-ring (bicyclic) bond motifs is 1. The van der Waals surface area contributed by atoms with Gasteiger partial charge >= 0.3 is 0 Å². The minimum Gasteiger partial charge on any atom is -0.497 e. The molecule has 0 saturated carbocycles. The zero-order chi connectivity index (χ0) is 19.5. The number of benzene rings is 2. The fraction of sp³-hybridized carbons (Fsp3) is 0.273. The van der Waals surface area contributed by atoms with Crippen molar-refractivity contribution in [1.82, 2.24) is 10.3 Å². The van der Waals surface area contributed by atoms with Gasteiger partial charge in [-0.15, -0.1) is 0 Å². The summed E-state index contributed by atoms with van der Waals surface area (Å²) < 4.78 is 19.3. The molecule has 0 bridgehead atoms. The molecule has 6 heteroatoms. The lowest BCUT2D eigenvalue weighted by Gasteiger charge is -2.35. The Bertz CT molecular complexity index is 1010. The Kier molecular flexibility index (Phi) is 5.10. The summed E-state index contributed by atoms with van der Waals surface area (Å²) in [6.45, 7) is 1.61. The van der Waals surface area contributed by atoms with Gasteiger partial charge in [0.2, 0.25) is 0 Å². The van der Waals surface area contributed by atoms with Gasteiger partial charge in [-0.3, -0.25) is 9.78 Å². The van der Waals surface area contributed by atoms with Gasteiger partial charge in [-0.2, -0.15) is 0 Å². The lowest BCUT2D eigenvalue weighted by molar-refractivity contribution is 0.0934. The second kappa shape index (κ2) is 7.84. The highest BCUT2D eigenvalue weighted by molar-refractivity contribution is 6.05. The van der Waals surface area contributed by atoms with Crippen molar-refractivity contribution in [3.05, 3.63) is 66.1 Å². The number of hydrogen-bond acceptors (Lipinski definition) is 4. The fourth-order valence-corrected chi connectivity index (χ4v) is 3.73. The number of amides is 1. The molecule has 1 unspecified atom stereocenters. The first-order valence-corrected chi connectivity index (χ1v) is 9.38. The molecule has 28 heavy (non-hydrogen) atoms. The second-order valence-electron chi connectivity index (χ2n) is 6.99. The van der Waals surface area contributed by atoms with Gasteiger partial charge in [0.1, 0.15) is 11.6 Å². The van der Waals surface area contributed by atoms with Crippen molar-refractivity contribution in [2.45, 2.75) is 18.9 Å². The van der Waals surface area contributed by atoms with Crippen LogP contribution in [-0.2, 0) is 0 Å². The van der Waals surface area contributed by atoms with E-state index in [9.17, 15) is 9.18 Å². The molecule has 1 amide bonds. The van der Waals surface area contributed by atoms with E-state index in [0.29, 0.717) is 17.4 Å². The largest absolute Gasteiger partial charge is 0.497 e. The van der Waals surface area contributed by atoms with E-state index in [1.165, 1.54) is 12.1 Å². The molecule has 0 spiro atoms. The molecular weight excluding hydrogens is 357 g/mol. The van der Waals surface area contributed by atoms with Crippen molar-refractivity contribution in [3.63, 3.8) is 0 Å². The molecule has 1 fully saturated rings. The van der Waals surface area contributed by atoms with Crippen LogP contribution in [0.5, 0.6) is 5.75 Å². The maximum Gasteiger partial charge on any atom is 0.253 e. The number of rotatable bonds is 4. The molecule has 1 atom stereocenters. The summed E-state index contributed by atoms with van der Waals surface area (Å²) in [5.41, 5.74) is 1.85. The number of carbonyl (C=O) groups excluding carboxylic acids is 1. The quantitative estimate of drug-likeness (QED) is 0.750. The average Bonchev–Trinajstić information content (AvgIpc) is 2.73. The number of aromatic nitrogens is 1. The molecule has 1 aliphatic heterocycles. The first-order valence-electron chi connectivity index (χ1n) is 9.38. The van der Waals surface area contributed by atoms with Crippen molar-refractivity contribution in [2.75, 3.05) is 25.1 Å². The number of hydrogen-bond donors (Lipinski definition) is 1. The van der Waals surface area contributed by atoms with Crippen LogP contribution in [0.4, 0.5) is 10.1 Å². The Morgan fingerprint density at radius 1 is 1.25 bits per heavy atom. The van der Waals surface area contributed by atoms with Gasteiger partial charge in [-0.05, 0) is 43.2 Å². The maximum atomic E-state index is 14.0. The van der Waals surface area contributed by atoms with Crippen LogP contribution in [0.2, 0.25) is 0 Å². The van der Waals surface area contributed by atoms with Gasteiger partial charge < -0.3 is 15.0 Å². The fourth-order valence-electron chi connectivity index (χ4n) is 3.73. The predicted octanol–water partition coefficient (Wildman–Crippen LogP) is 3.78. The lowest BCUT2D eigenvalue weighted by atomic mass is 10.0. The van der Waals surface area contributed by atoms with Gasteiger partial charge in [-0.1, -0.05) is 12.1 Å². The van der Waals surface area contributed by atoms with E-state index in [1.54, 1.807) is 25.4 Å². The normalized spacial score (nSPS) is 16.8. The minimum absolute atomic E-state index is 0.0190. The molecule has 1 saturated heterocycles. The smallest absolute Gasteiger partial charge is 0.253 e. The summed E-state index contributed by atoms with van der Waals surface area (Å²) in [4.78, 5) is 19.4. The summed E-state index contributed by atoms with van der Waals surface area (Å²) in [7, 11) is 1.65. The molecule has 144 valence electrons. The van der Waals surface area contributed by atoms with Crippen LogP contribution >= 0.6 is 0 Å². The van der Waals surface area contributed by atoms with E-state index < -0.39 is 5.82 Å². The highest BCUT2D eigenvalue weighted by Crippen LogP contribution is 2.25. The van der Waals surface area contributed by atoms with Crippen molar-refractivity contribution in [1.29, 1.82) is 0 Å². The standard InChI is InChI=1S/C22H22FN3O2/c1-28-19-8-2-7-18(13-19)26-10-4-6-17(14-26)25-22(27)20-12-16(23)11-15-5-3-9-24-21(15)20/h2-3,5,7-9,11-13,17H,4,6,10,14H2,1H3,(H,25,27). The van der Waals surface area contributed by atoms with Crippen LogP contribution in [0.15, 0.2) is 54.7 Å². The Balaban J connectivity index is 1.52. The van der Waals surface area contributed by atoms with E-state index in [2.05, 4.69) is 15.2 Å². The van der Waals surface area contributed by atoms with Crippen molar-refractivity contribution < 1.29 is 13.9 Å². The van der Waals surface area contributed by atoms with E-state index in [-0.39, 0.29) is 17.5 Å². The number of pyridine rings is 1. The van der Waals surface area contributed by atoms with Crippen molar-refractivity contribution in [3.8, 4) is 5.75 Å². The van der Waals surface area contributed by atoms with Gasteiger partial charge in [0.25, 0.3) is 5.91 Å². The number of ether oxygens (including phenoxy) is 1. The molecule has 5 nitrogen and oxygen atoms in total. The highest BCUT2D eigenvalue weighted by atomic mass is 19.1. The minimum atomic E-state index is -0.438. The third kappa shape index (κ3) is 3.76. The number of methoxy groups -OCH3 is 1. The lowest BCUT2D eigenvalue weighted by Crippen LogP contribution is -2.47. The van der Waals surface area contributed by atoms with Crippen LogP contribution in [0.3, 0.4) is 0 Å². The molecule has 0 aliphatic carbocycles. The first kappa shape index (κ1) is 18.2. The van der Waals surface area contributed by atoms with E-state index in [1.807, 2.05) is 24.3 Å². The number of nitrogens with one attached hydrogen (secondary N) is 1. The van der Waals surface area contributed by atoms with Gasteiger partial charge in [0.05, 0.1) is 18.2 Å². The van der Waals surface area contributed by atoms with Gasteiger partial charge in [0.15, 0.2) is 0 Å². The zero-order valence-electron chi connectivity index (χ0n) is 15.7. The molecule has 2 heterocycles. The first-order chi connectivity index (χ1) is 13.6. The Labute approximate surface area is 163 Å². The van der Waals surface area contributed by atoms with Gasteiger partial charge in [0, 0.05) is 42.5 Å². The second-order valence-corrected chi connectivity index (χ2v) is 6.99. The van der Waals surface area contributed by atoms with Crippen LogP contribution < -0.4 is 15.0 Å². The van der Waals surface area contributed by atoms with Crippen molar-refractivity contribution >= 4 is 22.5 Å². The monoisotopic (exact) mass is 379 g/mol. The summed E-state index contributed by atoms with van der Waals surface area (Å²) in [6.07, 6.45) is 3.46. The predicted molar refractivity (Wildman–Crippen MR) is 107 cm³/mol. The number of halogens is 1. The zero-order valence-corrected chi connectivity index (χ0v) is 15.7.